The Labute approximate surface area is 120 Å². The smallest absolute Gasteiger partial charge is 0.212 e. The highest BCUT2D eigenvalue weighted by Gasteiger charge is 2.20. The second kappa shape index (κ2) is 6.58. The molecule has 21 heavy (non-hydrogen) atoms. The molecule has 0 spiro atoms. The minimum absolute atomic E-state index is 0.0761. The number of methoxy groups -OCH3 is 1. The van der Waals surface area contributed by atoms with E-state index in [0.29, 0.717) is 12.3 Å². The van der Waals surface area contributed by atoms with E-state index in [2.05, 4.69) is 10.3 Å². The highest BCUT2D eigenvalue weighted by molar-refractivity contribution is 5.27. The highest BCUT2D eigenvalue weighted by Crippen LogP contribution is 2.24. The summed E-state index contributed by atoms with van der Waals surface area (Å²) in [5.74, 6) is -3.35. The van der Waals surface area contributed by atoms with E-state index in [0.717, 1.165) is 11.6 Å². The Hall–Kier alpha value is -2.08. The van der Waals surface area contributed by atoms with Crippen LogP contribution >= 0.6 is 0 Å². The average molecular weight is 296 g/mol. The molecule has 0 radical (unpaired) electrons. The molecule has 1 N–H and O–H groups in total. The number of aromatic nitrogens is 1. The highest BCUT2D eigenvalue weighted by atomic mass is 19.2. The fraction of sp³-hybridized carbons (Fsp3) is 0.267. The standard InChI is InChI=1S/C15H15F3N2O/c1-19-12(7-9-3-6-13(21-2)20-8-9)10-4-5-11(16)15(18)14(10)17/h3-6,8,12,19H,7H2,1-2H3. The molecular formula is C15H15F3N2O. The first-order chi connectivity index (χ1) is 10.1. The van der Waals surface area contributed by atoms with Crippen LogP contribution in [0.4, 0.5) is 13.2 Å². The van der Waals surface area contributed by atoms with Gasteiger partial charge in [-0.25, -0.2) is 18.2 Å². The van der Waals surface area contributed by atoms with Gasteiger partial charge in [0.2, 0.25) is 5.88 Å². The van der Waals surface area contributed by atoms with Crippen molar-refractivity contribution in [3.63, 3.8) is 0 Å². The number of benzene rings is 1. The van der Waals surface area contributed by atoms with Crippen LogP contribution in [0.2, 0.25) is 0 Å². The first kappa shape index (κ1) is 15.3. The molecule has 0 aliphatic rings. The van der Waals surface area contributed by atoms with Crippen molar-refractivity contribution in [1.82, 2.24) is 10.3 Å². The van der Waals surface area contributed by atoms with Crippen LogP contribution in [0.25, 0.3) is 0 Å². The first-order valence-corrected chi connectivity index (χ1v) is 6.36. The van der Waals surface area contributed by atoms with E-state index in [9.17, 15) is 13.2 Å². The predicted octanol–water partition coefficient (Wildman–Crippen LogP) is 3.01. The Morgan fingerprint density at radius 2 is 1.90 bits per heavy atom. The van der Waals surface area contributed by atoms with Gasteiger partial charge in [-0.3, -0.25) is 0 Å². The van der Waals surface area contributed by atoms with Gasteiger partial charge in [0.15, 0.2) is 17.5 Å². The Balaban J connectivity index is 2.25. The molecule has 0 bridgehead atoms. The van der Waals surface area contributed by atoms with Crippen molar-refractivity contribution in [2.45, 2.75) is 12.5 Å². The van der Waals surface area contributed by atoms with Crippen molar-refractivity contribution in [2.75, 3.05) is 14.2 Å². The van der Waals surface area contributed by atoms with E-state index < -0.39 is 23.5 Å². The minimum Gasteiger partial charge on any atom is -0.481 e. The van der Waals surface area contributed by atoms with Crippen LogP contribution in [0.5, 0.6) is 5.88 Å². The fourth-order valence-electron chi connectivity index (χ4n) is 2.07. The fourth-order valence-corrected chi connectivity index (χ4v) is 2.07. The lowest BCUT2D eigenvalue weighted by molar-refractivity contribution is 0.397. The first-order valence-electron chi connectivity index (χ1n) is 6.36. The Kier molecular flexibility index (Phi) is 4.80. The number of ether oxygens (including phenoxy) is 1. The molecule has 1 unspecified atom stereocenters. The van der Waals surface area contributed by atoms with Crippen LogP contribution in [0.3, 0.4) is 0 Å². The van der Waals surface area contributed by atoms with E-state index in [4.69, 9.17) is 4.74 Å². The van der Waals surface area contributed by atoms with Gasteiger partial charge in [0.05, 0.1) is 7.11 Å². The third-order valence-electron chi connectivity index (χ3n) is 3.24. The normalized spacial score (nSPS) is 12.2. The van der Waals surface area contributed by atoms with Gasteiger partial charge in [-0.1, -0.05) is 12.1 Å². The topological polar surface area (TPSA) is 34.1 Å². The van der Waals surface area contributed by atoms with Crippen LogP contribution < -0.4 is 10.1 Å². The molecule has 6 heteroatoms. The number of rotatable bonds is 5. The maximum absolute atomic E-state index is 13.8. The predicted molar refractivity (Wildman–Crippen MR) is 72.6 cm³/mol. The lowest BCUT2D eigenvalue weighted by Gasteiger charge is -2.18. The molecule has 0 aliphatic heterocycles. The molecule has 2 rings (SSSR count). The molecule has 1 heterocycles. The second-order valence-electron chi connectivity index (χ2n) is 4.52. The summed E-state index contributed by atoms with van der Waals surface area (Å²) in [6.07, 6.45) is 1.98. The average Bonchev–Trinajstić information content (AvgIpc) is 2.51. The lowest BCUT2D eigenvalue weighted by atomic mass is 9.99. The summed E-state index contributed by atoms with van der Waals surface area (Å²) in [6, 6.07) is 5.14. The quantitative estimate of drug-likeness (QED) is 0.861. The number of nitrogens with zero attached hydrogens (tertiary/aromatic N) is 1. The molecule has 1 aromatic carbocycles. The molecule has 112 valence electrons. The summed E-state index contributed by atoms with van der Waals surface area (Å²) in [4.78, 5) is 4.05. The Morgan fingerprint density at radius 3 is 2.48 bits per heavy atom. The largest absolute Gasteiger partial charge is 0.481 e. The number of hydrogen-bond donors (Lipinski definition) is 1. The second-order valence-corrected chi connectivity index (χ2v) is 4.52. The van der Waals surface area contributed by atoms with Gasteiger partial charge in [-0.2, -0.15) is 0 Å². The molecule has 0 saturated carbocycles. The number of pyridine rings is 1. The number of likely N-dealkylation sites (N-methyl/N-ethyl adjacent to an activating group) is 1. The molecule has 1 atom stereocenters. The van der Waals surface area contributed by atoms with Crippen molar-refractivity contribution in [3.8, 4) is 5.88 Å². The molecule has 0 aliphatic carbocycles. The van der Waals surface area contributed by atoms with Crippen LogP contribution in [-0.4, -0.2) is 19.1 Å². The van der Waals surface area contributed by atoms with Gasteiger partial charge in [0.25, 0.3) is 0 Å². The van der Waals surface area contributed by atoms with Gasteiger partial charge in [0, 0.05) is 23.9 Å². The van der Waals surface area contributed by atoms with Crippen LogP contribution in [0.1, 0.15) is 17.2 Å². The molecule has 3 nitrogen and oxygen atoms in total. The van der Waals surface area contributed by atoms with E-state index in [1.54, 1.807) is 25.4 Å². The van der Waals surface area contributed by atoms with Crippen LogP contribution in [-0.2, 0) is 6.42 Å². The summed E-state index contributed by atoms with van der Waals surface area (Å²) in [5.41, 5.74) is 0.895. The lowest BCUT2D eigenvalue weighted by Crippen LogP contribution is -2.21. The minimum atomic E-state index is -1.46. The summed E-state index contributed by atoms with van der Waals surface area (Å²) >= 11 is 0. The van der Waals surface area contributed by atoms with Crippen molar-refractivity contribution in [3.05, 3.63) is 59.0 Å². The summed E-state index contributed by atoms with van der Waals surface area (Å²) in [5, 5.41) is 2.89. The van der Waals surface area contributed by atoms with Crippen molar-refractivity contribution in [1.29, 1.82) is 0 Å². The Morgan fingerprint density at radius 1 is 1.14 bits per heavy atom. The van der Waals surface area contributed by atoms with Gasteiger partial charge >= 0.3 is 0 Å². The zero-order chi connectivity index (χ0) is 15.4. The van der Waals surface area contributed by atoms with Crippen molar-refractivity contribution >= 4 is 0 Å². The summed E-state index contributed by atoms with van der Waals surface area (Å²) in [6.45, 7) is 0. The summed E-state index contributed by atoms with van der Waals surface area (Å²) in [7, 11) is 3.14. The van der Waals surface area contributed by atoms with E-state index >= 15 is 0 Å². The third kappa shape index (κ3) is 3.33. The number of hydrogen-bond acceptors (Lipinski definition) is 3. The van der Waals surface area contributed by atoms with Crippen LogP contribution in [0.15, 0.2) is 30.5 Å². The van der Waals surface area contributed by atoms with Crippen LogP contribution in [0, 0.1) is 17.5 Å². The monoisotopic (exact) mass is 296 g/mol. The third-order valence-corrected chi connectivity index (χ3v) is 3.24. The molecule has 1 aromatic heterocycles. The van der Waals surface area contributed by atoms with Crippen molar-refractivity contribution in [2.24, 2.45) is 0 Å². The van der Waals surface area contributed by atoms with E-state index in [1.165, 1.54) is 13.2 Å². The van der Waals surface area contributed by atoms with E-state index in [1.807, 2.05) is 0 Å². The van der Waals surface area contributed by atoms with Gasteiger partial charge in [-0.15, -0.1) is 0 Å². The van der Waals surface area contributed by atoms with Gasteiger partial charge in [0.1, 0.15) is 0 Å². The Bertz CT molecular complexity index is 617. The zero-order valence-electron chi connectivity index (χ0n) is 11.7. The number of halogens is 3. The molecule has 0 amide bonds. The van der Waals surface area contributed by atoms with Gasteiger partial charge in [-0.05, 0) is 25.1 Å². The van der Waals surface area contributed by atoms with Crippen molar-refractivity contribution < 1.29 is 17.9 Å². The maximum atomic E-state index is 13.8. The summed E-state index contributed by atoms with van der Waals surface area (Å²) < 4.78 is 45.1. The molecular weight excluding hydrogens is 281 g/mol. The zero-order valence-corrected chi connectivity index (χ0v) is 11.7. The molecule has 0 fully saturated rings. The molecule has 0 saturated heterocycles. The van der Waals surface area contributed by atoms with E-state index in [-0.39, 0.29) is 5.56 Å². The number of nitrogens with one attached hydrogen (secondary N) is 1. The maximum Gasteiger partial charge on any atom is 0.212 e. The van der Waals surface area contributed by atoms with Gasteiger partial charge < -0.3 is 10.1 Å². The molecule has 2 aromatic rings. The SMILES string of the molecule is CNC(Cc1ccc(OC)nc1)c1ccc(F)c(F)c1F.